The number of rotatable bonds is 11. The van der Waals surface area contributed by atoms with Crippen LogP contribution in [0.25, 0.3) is 160 Å². The van der Waals surface area contributed by atoms with Gasteiger partial charge in [-0.05, 0) is 151 Å². The molecule has 0 unspecified atom stereocenters. The topological polar surface area (TPSA) is 18.0 Å². The Labute approximate surface area is 630 Å². The molecule has 0 radical (unpaired) electrons. The summed E-state index contributed by atoms with van der Waals surface area (Å²) in [7, 11) is 0. The second-order valence-corrected chi connectivity index (χ2v) is 29.7. The van der Waals surface area contributed by atoms with Crippen LogP contribution in [-0.2, 0) is 0 Å². The van der Waals surface area contributed by atoms with Crippen LogP contribution < -0.4 is 21.3 Å². The van der Waals surface area contributed by atoms with Gasteiger partial charge in [0.25, 0.3) is 0 Å². The van der Waals surface area contributed by atoms with Gasteiger partial charge in [0.15, 0.2) is 0 Å². The van der Waals surface area contributed by atoms with E-state index < -0.39 is 0 Å². The number of anilines is 3. The van der Waals surface area contributed by atoms with Crippen molar-refractivity contribution < 1.29 is 0 Å². The molecule has 0 spiro atoms. The first-order chi connectivity index (χ1) is 53.6. The SMILES string of the molecule is c1ccc(-c2ccc(N3c4cc(-c5ccc6c(c5)c5ccccc5n6-c5c(-c6ccccc6)cccc5-c5ccccc5)ccc4B4c5ccc(-c6ccc7c(c6)c6ccccc6n7-c6c(-c7ccccc7)cccc6-c6ccccc6)cc5Sc5cc(-n6c7ccccc7c7ccccc76)cc3c54)cc2)cc1. The highest BCUT2D eigenvalue weighted by molar-refractivity contribution is 8.00. The molecule has 5 heterocycles. The van der Waals surface area contributed by atoms with Gasteiger partial charge in [-0.3, -0.25) is 0 Å². The molecule has 0 saturated carbocycles. The predicted molar refractivity (Wildman–Crippen MR) is 457 cm³/mol. The number of benzene rings is 17. The van der Waals surface area contributed by atoms with Gasteiger partial charge in [-0.1, -0.05) is 327 Å². The fourth-order valence-electron chi connectivity index (χ4n) is 17.9. The van der Waals surface area contributed by atoms with Crippen LogP contribution in [0.1, 0.15) is 0 Å². The number of hydrogen-bond donors (Lipinski definition) is 0. The number of nitrogens with zero attached hydrogens (tertiary/aromatic N) is 4. The van der Waals surface area contributed by atoms with Crippen molar-refractivity contribution in [2.75, 3.05) is 4.90 Å². The summed E-state index contributed by atoms with van der Waals surface area (Å²) in [6.07, 6.45) is 0. The second-order valence-electron chi connectivity index (χ2n) is 28.6. The lowest BCUT2D eigenvalue weighted by molar-refractivity contribution is 1.15. The summed E-state index contributed by atoms with van der Waals surface area (Å²) in [6, 6.07) is 147. The summed E-state index contributed by atoms with van der Waals surface area (Å²) in [5.41, 5.74) is 34.2. The zero-order valence-corrected chi connectivity index (χ0v) is 59.6. The first-order valence-corrected chi connectivity index (χ1v) is 38.1. The number of para-hydroxylation sites is 6. The maximum Gasteiger partial charge on any atom is 0.249 e. The molecule has 0 aliphatic carbocycles. The van der Waals surface area contributed by atoms with Gasteiger partial charge in [0.2, 0.25) is 6.71 Å². The Morgan fingerprint density at radius 1 is 0.204 bits per heavy atom. The summed E-state index contributed by atoms with van der Waals surface area (Å²) >= 11 is 1.91. The van der Waals surface area contributed by atoms with Gasteiger partial charge >= 0.3 is 0 Å². The molecule has 2 aliphatic heterocycles. The van der Waals surface area contributed by atoms with E-state index in [0.29, 0.717) is 0 Å². The van der Waals surface area contributed by atoms with Crippen LogP contribution in [0.2, 0.25) is 0 Å². The van der Waals surface area contributed by atoms with Crippen molar-refractivity contribution in [2.24, 2.45) is 0 Å². The summed E-state index contributed by atoms with van der Waals surface area (Å²) in [4.78, 5) is 5.09. The van der Waals surface area contributed by atoms with E-state index in [1.54, 1.807) is 0 Å². The second kappa shape index (κ2) is 25.0. The normalized spacial score (nSPS) is 12.4. The molecule has 0 bridgehead atoms. The highest BCUT2D eigenvalue weighted by Gasteiger charge is 2.42. The molecule has 502 valence electrons. The smallest absolute Gasteiger partial charge is 0.249 e. The Morgan fingerprint density at radius 2 is 0.556 bits per heavy atom. The highest BCUT2D eigenvalue weighted by Crippen LogP contribution is 2.49. The van der Waals surface area contributed by atoms with E-state index in [1.165, 1.54) is 153 Å². The van der Waals surface area contributed by atoms with Crippen LogP contribution >= 0.6 is 11.8 Å². The molecule has 20 aromatic rings. The third-order valence-corrected chi connectivity index (χ3v) is 23.8. The Kier molecular flexibility index (Phi) is 14.3. The molecule has 0 fully saturated rings. The number of aromatic nitrogens is 3. The molecule has 2 aliphatic rings. The molecule has 108 heavy (non-hydrogen) atoms. The van der Waals surface area contributed by atoms with E-state index in [0.717, 1.165) is 50.4 Å². The Morgan fingerprint density at radius 3 is 1.02 bits per heavy atom. The van der Waals surface area contributed by atoms with Crippen molar-refractivity contribution in [3.05, 3.63) is 394 Å². The van der Waals surface area contributed by atoms with Gasteiger partial charge in [-0.25, -0.2) is 0 Å². The van der Waals surface area contributed by atoms with Crippen molar-refractivity contribution in [1.29, 1.82) is 0 Å². The number of hydrogen-bond acceptors (Lipinski definition) is 2. The molecule has 0 amide bonds. The van der Waals surface area contributed by atoms with E-state index in [9.17, 15) is 0 Å². The molecular formula is C102H65BN4S. The van der Waals surface area contributed by atoms with Crippen molar-refractivity contribution in [3.8, 4) is 95.0 Å². The van der Waals surface area contributed by atoms with E-state index in [4.69, 9.17) is 0 Å². The van der Waals surface area contributed by atoms with Crippen molar-refractivity contribution in [1.82, 2.24) is 13.7 Å². The molecule has 22 rings (SSSR count). The molecule has 0 saturated heterocycles. The summed E-state index contributed by atoms with van der Waals surface area (Å²) in [6.45, 7) is -0.0932. The Balaban J connectivity index is 0.747. The molecule has 3 aromatic heterocycles. The first-order valence-electron chi connectivity index (χ1n) is 37.2. The summed E-state index contributed by atoms with van der Waals surface area (Å²) in [5.74, 6) is 0. The quantitative estimate of drug-likeness (QED) is 0.120. The fourth-order valence-corrected chi connectivity index (χ4v) is 19.1. The highest BCUT2D eigenvalue weighted by atomic mass is 32.2. The zero-order valence-electron chi connectivity index (χ0n) is 58.8. The Hall–Kier alpha value is -13.6. The standard InChI is InChI=1S/C102H65BN4S/c1-6-26-66(27-7-1)67-48-54-76(55-49-67)104-96-62-74(72-52-58-94-86(60-72)84-38-18-22-46-92(84)106(94)101-78(68-28-8-2-9-29-68)40-24-41-79(101)69-30-10-3-11-31-69)50-56-88(96)103-89-57-51-75(63-98(89)108-99-65-77(64-97(104)100(99)103)105-90-44-20-16-36-82(90)83-37-17-21-45-91(83)105)73-53-59-95-87(61-73)85-39-19-23-47-93(85)107(95)102-80(70-32-12-4-13-33-70)42-25-43-81(102)71-34-14-5-15-35-71/h1-65H. The van der Waals surface area contributed by atoms with Crippen molar-refractivity contribution in [2.45, 2.75) is 9.79 Å². The lowest BCUT2D eigenvalue weighted by atomic mass is 9.34. The van der Waals surface area contributed by atoms with Crippen LogP contribution in [0, 0.1) is 0 Å². The minimum Gasteiger partial charge on any atom is -0.311 e. The summed E-state index contributed by atoms with van der Waals surface area (Å²) in [5, 5.41) is 7.30. The summed E-state index contributed by atoms with van der Waals surface area (Å²) < 4.78 is 7.54. The monoisotopic (exact) mass is 1390 g/mol. The average molecular weight is 1390 g/mol. The van der Waals surface area contributed by atoms with Gasteiger partial charge in [0, 0.05) is 87.1 Å². The van der Waals surface area contributed by atoms with Crippen molar-refractivity contribution >= 4 is 117 Å². The van der Waals surface area contributed by atoms with Gasteiger partial charge in [-0.2, -0.15) is 0 Å². The maximum atomic E-state index is 2.59. The lowest BCUT2D eigenvalue weighted by Crippen LogP contribution is -2.59. The van der Waals surface area contributed by atoms with E-state index in [2.05, 4.69) is 413 Å². The third-order valence-electron chi connectivity index (χ3n) is 22.7. The Bertz CT molecular complexity index is 6830. The molecule has 0 N–H and O–H groups in total. The molecule has 4 nitrogen and oxygen atoms in total. The van der Waals surface area contributed by atoms with Crippen LogP contribution in [0.15, 0.2) is 404 Å². The first kappa shape index (κ1) is 61.8. The molecule has 17 aromatic carbocycles. The number of fused-ring (bicyclic) bond motifs is 13. The van der Waals surface area contributed by atoms with Gasteiger partial charge < -0.3 is 18.6 Å². The van der Waals surface area contributed by atoms with Crippen molar-refractivity contribution in [3.63, 3.8) is 0 Å². The fraction of sp³-hybridized carbons (Fsp3) is 0. The van der Waals surface area contributed by atoms with E-state index in [1.807, 2.05) is 11.8 Å². The largest absolute Gasteiger partial charge is 0.311 e. The molecule has 6 heteroatoms. The zero-order chi connectivity index (χ0) is 70.9. The van der Waals surface area contributed by atoms with Crippen LogP contribution in [0.5, 0.6) is 0 Å². The van der Waals surface area contributed by atoms with E-state index in [-0.39, 0.29) is 6.71 Å². The predicted octanol–water partition coefficient (Wildman–Crippen LogP) is 25.4. The van der Waals surface area contributed by atoms with Crippen LogP contribution in [-0.4, -0.2) is 20.4 Å². The molecule has 0 atom stereocenters. The van der Waals surface area contributed by atoms with Crippen LogP contribution in [0.4, 0.5) is 17.1 Å². The minimum absolute atomic E-state index is 0.0932. The maximum absolute atomic E-state index is 2.59. The average Bonchev–Trinajstić information content (AvgIpc) is 0.833. The van der Waals surface area contributed by atoms with Crippen LogP contribution in [0.3, 0.4) is 0 Å². The lowest BCUT2D eigenvalue weighted by Gasteiger charge is -2.41. The van der Waals surface area contributed by atoms with Gasteiger partial charge in [0.1, 0.15) is 0 Å². The molecular weight excluding hydrogens is 1320 g/mol. The van der Waals surface area contributed by atoms with E-state index >= 15 is 0 Å². The third kappa shape index (κ3) is 9.81. The van der Waals surface area contributed by atoms with Gasteiger partial charge in [-0.15, -0.1) is 0 Å². The minimum atomic E-state index is -0.0932. The van der Waals surface area contributed by atoms with Gasteiger partial charge in [0.05, 0.1) is 44.5 Å².